The van der Waals surface area contributed by atoms with Crippen LogP contribution in [0.2, 0.25) is 0 Å². The maximum absolute atomic E-state index is 11.6. The first-order chi connectivity index (χ1) is 8.86. The predicted molar refractivity (Wildman–Crippen MR) is 72.1 cm³/mol. The van der Waals surface area contributed by atoms with Crippen molar-refractivity contribution < 1.29 is 9.53 Å². The van der Waals surface area contributed by atoms with Crippen LogP contribution in [0.4, 0.5) is 0 Å². The number of ether oxygens (including phenoxy) is 1. The van der Waals surface area contributed by atoms with Gasteiger partial charge in [-0.1, -0.05) is 42.5 Å². The molecule has 0 aromatic heterocycles. The van der Waals surface area contributed by atoms with Crippen molar-refractivity contribution >= 4 is 12.0 Å². The van der Waals surface area contributed by atoms with Crippen molar-refractivity contribution in [1.29, 1.82) is 0 Å². The molecule has 0 aliphatic carbocycles. The highest BCUT2D eigenvalue weighted by Crippen LogP contribution is 2.11. The molecule has 1 N–H and O–H groups in total. The normalized spacial score (nSPS) is 19.2. The molecule has 1 aliphatic rings. The van der Waals surface area contributed by atoms with Crippen LogP contribution in [0.5, 0.6) is 0 Å². The van der Waals surface area contributed by atoms with Gasteiger partial charge in [0.1, 0.15) is 6.10 Å². The summed E-state index contributed by atoms with van der Waals surface area (Å²) in [6.45, 7) is 1.38. The number of carbonyl (C=O) groups excluding carboxylic acids is 1. The highest BCUT2D eigenvalue weighted by Gasteiger charge is 2.22. The lowest BCUT2D eigenvalue weighted by Gasteiger charge is -2.08. The lowest BCUT2D eigenvalue weighted by atomic mass is 10.2. The summed E-state index contributed by atoms with van der Waals surface area (Å²) in [5.41, 5.74) is 1.18. The van der Waals surface area contributed by atoms with Crippen LogP contribution < -0.4 is 5.32 Å². The molecule has 18 heavy (non-hydrogen) atoms. The van der Waals surface area contributed by atoms with E-state index in [1.807, 2.05) is 18.2 Å². The van der Waals surface area contributed by atoms with Crippen molar-refractivity contribution in [2.45, 2.75) is 25.4 Å². The first-order valence-electron chi connectivity index (χ1n) is 6.47. The number of hydrogen-bond donors (Lipinski definition) is 1. The molecule has 1 fully saturated rings. The van der Waals surface area contributed by atoms with Crippen LogP contribution in [0.15, 0.2) is 36.4 Å². The summed E-state index contributed by atoms with van der Waals surface area (Å²) >= 11 is 0. The van der Waals surface area contributed by atoms with E-state index in [0.29, 0.717) is 13.2 Å². The van der Waals surface area contributed by atoms with Crippen LogP contribution in [0.1, 0.15) is 24.8 Å². The molecule has 1 saturated heterocycles. The van der Waals surface area contributed by atoms with Crippen molar-refractivity contribution in [1.82, 2.24) is 5.32 Å². The van der Waals surface area contributed by atoms with Crippen LogP contribution in [-0.2, 0) is 9.53 Å². The molecule has 1 aromatic rings. The Kier molecular flexibility index (Phi) is 4.97. The maximum atomic E-state index is 11.6. The molecule has 1 atom stereocenters. The monoisotopic (exact) mass is 245 g/mol. The fraction of sp³-hybridized carbons (Fsp3) is 0.400. The van der Waals surface area contributed by atoms with E-state index >= 15 is 0 Å². The fourth-order valence-corrected chi connectivity index (χ4v) is 1.96. The average molecular weight is 245 g/mol. The summed E-state index contributed by atoms with van der Waals surface area (Å²) in [4.78, 5) is 11.6. The van der Waals surface area contributed by atoms with Crippen molar-refractivity contribution in [2.24, 2.45) is 0 Å². The number of benzene rings is 1. The molecular formula is C15H19NO2. The van der Waals surface area contributed by atoms with Crippen LogP contribution in [0, 0.1) is 0 Å². The molecule has 1 aliphatic heterocycles. The van der Waals surface area contributed by atoms with Crippen molar-refractivity contribution in [3.63, 3.8) is 0 Å². The smallest absolute Gasteiger partial charge is 0.249 e. The van der Waals surface area contributed by atoms with E-state index in [4.69, 9.17) is 4.74 Å². The molecule has 3 heteroatoms. The number of nitrogens with one attached hydrogen (secondary N) is 1. The van der Waals surface area contributed by atoms with E-state index in [-0.39, 0.29) is 12.0 Å². The molecule has 96 valence electrons. The van der Waals surface area contributed by atoms with E-state index in [0.717, 1.165) is 19.3 Å². The van der Waals surface area contributed by atoms with Gasteiger partial charge in [-0.3, -0.25) is 4.79 Å². The topological polar surface area (TPSA) is 38.3 Å². The van der Waals surface area contributed by atoms with Crippen LogP contribution in [0.25, 0.3) is 6.08 Å². The molecule has 3 nitrogen and oxygen atoms in total. The SMILES string of the molecule is O=C(NCC/C=C/c1ccccc1)C1CCCO1. The second-order valence-corrected chi connectivity index (χ2v) is 4.39. The molecule has 0 radical (unpaired) electrons. The van der Waals surface area contributed by atoms with Gasteiger partial charge >= 0.3 is 0 Å². The molecule has 1 heterocycles. The summed E-state index contributed by atoms with van der Waals surface area (Å²) in [7, 11) is 0. The van der Waals surface area contributed by atoms with E-state index < -0.39 is 0 Å². The number of amides is 1. The summed E-state index contributed by atoms with van der Waals surface area (Å²) < 4.78 is 5.31. The van der Waals surface area contributed by atoms with Crippen LogP contribution >= 0.6 is 0 Å². The van der Waals surface area contributed by atoms with Crippen molar-refractivity contribution in [3.05, 3.63) is 42.0 Å². The molecule has 0 spiro atoms. The third-order valence-corrected chi connectivity index (χ3v) is 2.94. The maximum Gasteiger partial charge on any atom is 0.249 e. The van der Waals surface area contributed by atoms with Gasteiger partial charge in [-0.05, 0) is 24.8 Å². The Hall–Kier alpha value is -1.61. The zero-order valence-electron chi connectivity index (χ0n) is 10.5. The average Bonchev–Trinajstić information content (AvgIpc) is 2.93. The Morgan fingerprint density at radius 2 is 2.22 bits per heavy atom. The highest BCUT2D eigenvalue weighted by atomic mass is 16.5. The number of carbonyl (C=O) groups is 1. The van der Waals surface area contributed by atoms with Crippen LogP contribution in [0.3, 0.4) is 0 Å². The van der Waals surface area contributed by atoms with Gasteiger partial charge in [-0.2, -0.15) is 0 Å². The standard InChI is InChI=1S/C15H19NO2/c17-15(14-10-6-12-18-14)16-11-5-4-9-13-7-2-1-3-8-13/h1-4,7-9,14H,5-6,10-12H2,(H,16,17)/b9-4+. The molecule has 1 unspecified atom stereocenters. The van der Waals surface area contributed by atoms with E-state index in [2.05, 4.69) is 29.6 Å². The fourth-order valence-electron chi connectivity index (χ4n) is 1.96. The lowest BCUT2D eigenvalue weighted by Crippen LogP contribution is -2.34. The Balaban J connectivity index is 1.64. The zero-order valence-corrected chi connectivity index (χ0v) is 10.5. The Morgan fingerprint density at radius 1 is 1.39 bits per heavy atom. The summed E-state index contributed by atoms with van der Waals surface area (Å²) in [6, 6.07) is 10.1. The van der Waals surface area contributed by atoms with E-state index in [1.54, 1.807) is 0 Å². The van der Waals surface area contributed by atoms with Gasteiger partial charge in [-0.25, -0.2) is 0 Å². The van der Waals surface area contributed by atoms with Crippen molar-refractivity contribution in [3.8, 4) is 0 Å². The van der Waals surface area contributed by atoms with Gasteiger partial charge in [0.05, 0.1) is 0 Å². The van der Waals surface area contributed by atoms with Gasteiger partial charge in [0.25, 0.3) is 0 Å². The lowest BCUT2D eigenvalue weighted by molar-refractivity contribution is -0.129. The van der Waals surface area contributed by atoms with Gasteiger partial charge < -0.3 is 10.1 Å². The zero-order chi connectivity index (χ0) is 12.6. The quantitative estimate of drug-likeness (QED) is 0.809. The Bertz CT molecular complexity index is 394. The Labute approximate surface area is 108 Å². The third-order valence-electron chi connectivity index (χ3n) is 2.94. The molecule has 0 bridgehead atoms. The molecule has 1 amide bonds. The van der Waals surface area contributed by atoms with Crippen molar-refractivity contribution in [2.75, 3.05) is 13.2 Å². The third kappa shape index (κ3) is 4.00. The second kappa shape index (κ2) is 6.97. The van der Waals surface area contributed by atoms with Gasteiger partial charge in [-0.15, -0.1) is 0 Å². The summed E-state index contributed by atoms with van der Waals surface area (Å²) in [5, 5.41) is 2.90. The van der Waals surface area contributed by atoms with Gasteiger partial charge in [0, 0.05) is 13.2 Å². The minimum absolute atomic E-state index is 0.0283. The second-order valence-electron chi connectivity index (χ2n) is 4.39. The van der Waals surface area contributed by atoms with E-state index in [9.17, 15) is 4.79 Å². The van der Waals surface area contributed by atoms with E-state index in [1.165, 1.54) is 5.56 Å². The summed E-state index contributed by atoms with van der Waals surface area (Å²) in [5.74, 6) is 0.0283. The van der Waals surface area contributed by atoms with Gasteiger partial charge in [0.15, 0.2) is 0 Å². The minimum atomic E-state index is -0.219. The predicted octanol–water partition coefficient (Wildman–Crippen LogP) is 2.39. The Morgan fingerprint density at radius 3 is 2.94 bits per heavy atom. The highest BCUT2D eigenvalue weighted by molar-refractivity contribution is 5.80. The van der Waals surface area contributed by atoms with Crippen LogP contribution in [-0.4, -0.2) is 25.2 Å². The first kappa shape index (κ1) is 12.8. The molecular weight excluding hydrogens is 226 g/mol. The first-order valence-corrected chi connectivity index (χ1v) is 6.47. The largest absolute Gasteiger partial charge is 0.368 e. The minimum Gasteiger partial charge on any atom is -0.368 e. The number of rotatable bonds is 5. The molecule has 2 rings (SSSR count). The number of hydrogen-bond acceptors (Lipinski definition) is 2. The molecule has 1 aromatic carbocycles. The molecule has 0 saturated carbocycles. The summed E-state index contributed by atoms with van der Waals surface area (Å²) in [6.07, 6.45) is 6.61. The van der Waals surface area contributed by atoms with Gasteiger partial charge in [0.2, 0.25) is 5.91 Å².